The Balaban J connectivity index is 1.36. The Morgan fingerprint density at radius 2 is 1.94 bits per heavy atom. The van der Waals surface area contributed by atoms with E-state index in [0.717, 1.165) is 64.5 Å². The third-order valence-electron chi connectivity index (χ3n) is 5.91. The highest BCUT2D eigenvalue weighted by atomic mass is 16.5. The molecule has 5 nitrogen and oxygen atoms in total. The molecule has 0 radical (unpaired) electrons. The highest BCUT2D eigenvalue weighted by Gasteiger charge is 2.30. The molecule has 2 aromatic heterocycles. The molecular formula is C26H21N3O2. The minimum Gasteiger partial charge on any atom is -0.489 e. The number of aromatic nitrogens is 2. The Morgan fingerprint density at radius 3 is 2.87 bits per heavy atom. The molecule has 0 amide bonds. The van der Waals surface area contributed by atoms with Crippen molar-refractivity contribution in [1.29, 1.82) is 0 Å². The van der Waals surface area contributed by atoms with Crippen LogP contribution in [0.1, 0.15) is 11.1 Å². The van der Waals surface area contributed by atoms with Gasteiger partial charge in [-0.2, -0.15) is 0 Å². The molecular weight excluding hydrogens is 386 g/mol. The monoisotopic (exact) mass is 407 g/mol. The molecule has 2 aromatic carbocycles. The first-order valence-electron chi connectivity index (χ1n) is 10.5. The van der Waals surface area contributed by atoms with Gasteiger partial charge in [0, 0.05) is 35.5 Å². The Morgan fingerprint density at radius 1 is 1.00 bits per heavy atom. The van der Waals surface area contributed by atoms with Gasteiger partial charge in [-0.15, -0.1) is 0 Å². The average Bonchev–Trinajstić information content (AvgIpc) is 3.25. The fraction of sp³-hybridized carbons (Fsp3) is 0.192. The lowest BCUT2D eigenvalue weighted by atomic mass is 10.0. The molecule has 1 N–H and O–H groups in total. The van der Waals surface area contributed by atoms with Crippen molar-refractivity contribution in [2.45, 2.75) is 6.04 Å². The van der Waals surface area contributed by atoms with Crippen LogP contribution in [0.4, 0.5) is 5.69 Å². The second kappa shape index (κ2) is 7.50. The number of ether oxygens (including phenoxy) is 2. The van der Waals surface area contributed by atoms with E-state index in [0.29, 0.717) is 12.6 Å². The zero-order valence-corrected chi connectivity index (χ0v) is 17.0. The van der Waals surface area contributed by atoms with E-state index in [9.17, 15) is 0 Å². The van der Waals surface area contributed by atoms with Gasteiger partial charge in [-0.25, -0.2) is 4.98 Å². The van der Waals surface area contributed by atoms with Crippen molar-refractivity contribution in [3.8, 4) is 28.7 Å². The van der Waals surface area contributed by atoms with E-state index in [4.69, 9.17) is 9.47 Å². The number of fused-ring (bicyclic) bond motifs is 4. The maximum atomic E-state index is 6.07. The summed E-state index contributed by atoms with van der Waals surface area (Å²) < 4.78 is 11.7. The van der Waals surface area contributed by atoms with Crippen molar-refractivity contribution in [1.82, 2.24) is 9.97 Å². The van der Waals surface area contributed by atoms with Gasteiger partial charge in [0.05, 0.1) is 30.5 Å². The van der Waals surface area contributed by atoms with Gasteiger partial charge in [0.15, 0.2) is 0 Å². The number of benzene rings is 2. The van der Waals surface area contributed by atoms with Crippen molar-refractivity contribution >= 4 is 16.7 Å². The highest BCUT2D eigenvalue weighted by molar-refractivity contribution is 5.87. The van der Waals surface area contributed by atoms with E-state index < -0.39 is 0 Å². The first kappa shape index (κ1) is 18.1. The number of H-pyrrole nitrogens is 1. The molecule has 152 valence electrons. The summed E-state index contributed by atoms with van der Waals surface area (Å²) in [5, 5.41) is 1.02. The number of morpholine rings is 1. The smallest absolute Gasteiger partial charge is 0.143 e. The van der Waals surface area contributed by atoms with Crippen LogP contribution in [0.3, 0.4) is 0 Å². The Bertz CT molecular complexity index is 1320. The van der Waals surface area contributed by atoms with E-state index in [1.807, 2.05) is 42.7 Å². The lowest BCUT2D eigenvalue weighted by Gasteiger charge is -2.41. The van der Waals surface area contributed by atoms with Gasteiger partial charge in [0.2, 0.25) is 0 Å². The van der Waals surface area contributed by atoms with E-state index in [2.05, 4.69) is 51.0 Å². The van der Waals surface area contributed by atoms with Gasteiger partial charge in [-0.05, 0) is 35.9 Å². The summed E-state index contributed by atoms with van der Waals surface area (Å²) in [6.45, 7) is 3.05. The summed E-state index contributed by atoms with van der Waals surface area (Å²) in [5.41, 5.74) is 6.06. The van der Waals surface area contributed by atoms with Gasteiger partial charge in [0.25, 0.3) is 0 Å². The summed E-state index contributed by atoms with van der Waals surface area (Å²) in [6, 6.07) is 18.9. The minimum absolute atomic E-state index is 0.302. The molecule has 6 rings (SSSR count). The second-order valence-corrected chi connectivity index (χ2v) is 7.85. The van der Waals surface area contributed by atoms with Crippen LogP contribution in [0.2, 0.25) is 0 Å². The normalized spacial score (nSPS) is 17.3. The number of nitrogens with zero attached hydrogens (tertiary/aromatic N) is 2. The van der Waals surface area contributed by atoms with Gasteiger partial charge in [-0.3, -0.25) is 0 Å². The Hall–Kier alpha value is -3.75. The van der Waals surface area contributed by atoms with Gasteiger partial charge in [0.1, 0.15) is 18.0 Å². The van der Waals surface area contributed by atoms with Crippen LogP contribution in [0.15, 0.2) is 67.0 Å². The number of hydrogen-bond donors (Lipinski definition) is 1. The van der Waals surface area contributed by atoms with E-state index in [1.54, 1.807) is 0 Å². The van der Waals surface area contributed by atoms with Crippen LogP contribution in [0.25, 0.3) is 22.2 Å². The molecule has 5 heteroatoms. The third kappa shape index (κ3) is 3.31. The minimum atomic E-state index is 0.302. The van der Waals surface area contributed by atoms with E-state index in [1.165, 1.54) is 0 Å². The highest BCUT2D eigenvalue weighted by Crippen LogP contribution is 2.38. The number of nitrogens with one attached hydrogen (secondary N) is 1. The summed E-state index contributed by atoms with van der Waals surface area (Å²) in [5.74, 6) is 7.44. The number of pyridine rings is 1. The zero-order chi connectivity index (χ0) is 20.6. The van der Waals surface area contributed by atoms with Crippen LogP contribution >= 0.6 is 0 Å². The number of hydrogen-bond acceptors (Lipinski definition) is 4. The van der Waals surface area contributed by atoms with Crippen LogP contribution in [-0.4, -0.2) is 42.4 Å². The molecule has 1 saturated heterocycles. The van der Waals surface area contributed by atoms with Gasteiger partial charge in [-0.1, -0.05) is 36.1 Å². The van der Waals surface area contributed by atoms with Crippen molar-refractivity contribution in [2.75, 3.05) is 31.3 Å². The maximum Gasteiger partial charge on any atom is 0.143 e. The van der Waals surface area contributed by atoms with Crippen molar-refractivity contribution in [2.24, 2.45) is 0 Å². The van der Waals surface area contributed by atoms with Crippen LogP contribution < -0.4 is 9.64 Å². The third-order valence-corrected chi connectivity index (χ3v) is 5.91. The van der Waals surface area contributed by atoms with Crippen molar-refractivity contribution in [3.63, 3.8) is 0 Å². The molecule has 0 bridgehead atoms. The van der Waals surface area contributed by atoms with Gasteiger partial charge >= 0.3 is 0 Å². The molecule has 4 aromatic rings. The standard InChI is InChI=1S/C26H21N3O2/c1-2-4-18(5-3-1)6-7-20-14-27-26-23(20)12-21(15-28-26)19-8-9-24-25(13-19)31-17-22-16-30-11-10-29(22)24/h1-5,8-9,12-15,22H,10-11,16-17H2,(H,27,28). The lowest BCUT2D eigenvalue weighted by molar-refractivity contribution is 0.0705. The van der Waals surface area contributed by atoms with E-state index in [-0.39, 0.29) is 0 Å². The second-order valence-electron chi connectivity index (χ2n) is 7.85. The number of aromatic amines is 1. The van der Waals surface area contributed by atoms with Crippen LogP contribution in [0.5, 0.6) is 5.75 Å². The quantitative estimate of drug-likeness (QED) is 0.480. The molecule has 0 spiro atoms. The van der Waals surface area contributed by atoms with Crippen LogP contribution in [0, 0.1) is 11.8 Å². The molecule has 1 fully saturated rings. The predicted molar refractivity (Wildman–Crippen MR) is 121 cm³/mol. The van der Waals surface area contributed by atoms with Crippen molar-refractivity contribution in [3.05, 3.63) is 78.1 Å². The predicted octanol–water partition coefficient (Wildman–Crippen LogP) is 4.23. The summed E-state index contributed by atoms with van der Waals surface area (Å²) in [4.78, 5) is 10.2. The fourth-order valence-electron chi connectivity index (χ4n) is 4.27. The Kier molecular flexibility index (Phi) is 4.37. The van der Waals surface area contributed by atoms with Gasteiger partial charge < -0.3 is 19.4 Å². The molecule has 0 aliphatic carbocycles. The molecule has 2 aliphatic heterocycles. The average molecular weight is 407 g/mol. The summed E-state index contributed by atoms with van der Waals surface area (Å²) in [7, 11) is 0. The number of rotatable bonds is 1. The first-order valence-corrected chi connectivity index (χ1v) is 10.5. The topological polar surface area (TPSA) is 50.4 Å². The fourth-order valence-corrected chi connectivity index (χ4v) is 4.27. The van der Waals surface area contributed by atoms with Crippen LogP contribution in [-0.2, 0) is 4.74 Å². The molecule has 31 heavy (non-hydrogen) atoms. The molecule has 1 atom stereocenters. The number of anilines is 1. The molecule has 2 aliphatic rings. The Labute approximate surface area is 180 Å². The molecule has 1 unspecified atom stereocenters. The molecule has 4 heterocycles. The zero-order valence-electron chi connectivity index (χ0n) is 17.0. The van der Waals surface area contributed by atoms with E-state index >= 15 is 0 Å². The van der Waals surface area contributed by atoms with Crippen molar-refractivity contribution < 1.29 is 9.47 Å². The lowest BCUT2D eigenvalue weighted by Crippen LogP contribution is -2.51. The first-order chi connectivity index (χ1) is 15.3. The summed E-state index contributed by atoms with van der Waals surface area (Å²) in [6.07, 6.45) is 3.82. The largest absolute Gasteiger partial charge is 0.489 e. The maximum absolute atomic E-state index is 6.07. The SMILES string of the molecule is C(#Cc1c[nH]c2ncc(-c3ccc4c(c3)OCC3COCCN43)cc12)c1ccccc1. The molecule has 0 saturated carbocycles. The summed E-state index contributed by atoms with van der Waals surface area (Å²) >= 11 is 0.